The van der Waals surface area contributed by atoms with Crippen molar-refractivity contribution in [2.75, 3.05) is 5.32 Å². The number of hydrogen-bond donors (Lipinski definition) is 2. The van der Waals surface area contributed by atoms with Crippen LogP contribution in [0.25, 0.3) is 0 Å². The van der Waals surface area contributed by atoms with E-state index >= 15 is 0 Å². The normalized spacial score (nSPS) is 11.6. The van der Waals surface area contributed by atoms with E-state index in [1.165, 1.54) is 6.26 Å². The third kappa shape index (κ3) is 5.62. The molecule has 6 nitrogen and oxygen atoms in total. The molecular weight excluding hydrogens is 460 g/mol. The van der Waals surface area contributed by atoms with E-state index in [4.69, 9.17) is 20.8 Å². The summed E-state index contributed by atoms with van der Waals surface area (Å²) in [6.07, 6.45) is 0.738. The van der Waals surface area contributed by atoms with Crippen molar-refractivity contribution in [3.8, 4) is 5.75 Å². The van der Waals surface area contributed by atoms with Gasteiger partial charge in [0.1, 0.15) is 11.5 Å². The number of hydrogen-bond acceptors (Lipinski definition) is 4. The molecule has 2 amide bonds. The second kappa shape index (κ2) is 9.62. The van der Waals surface area contributed by atoms with Gasteiger partial charge in [-0.25, -0.2) is 0 Å². The van der Waals surface area contributed by atoms with E-state index in [-0.39, 0.29) is 12.5 Å². The fraction of sp³-hybridized carbons (Fsp3) is 0.143. The second-order valence-corrected chi connectivity index (χ2v) is 7.42. The average molecular weight is 478 g/mol. The largest absolute Gasteiger partial charge is 0.480 e. The first-order valence-corrected chi connectivity index (χ1v) is 9.93. The molecule has 0 bridgehead atoms. The Hall–Kier alpha value is -2.77. The molecule has 1 heterocycles. The zero-order chi connectivity index (χ0) is 20.8. The maximum Gasteiger partial charge on any atom is 0.265 e. The Morgan fingerprint density at radius 2 is 1.97 bits per heavy atom. The summed E-state index contributed by atoms with van der Waals surface area (Å²) in [5.74, 6) is 0.404. The molecule has 0 spiro atoms. The minimum Gasteiger partial charge on any atom is -0.480 e. The highest BCUT2D eigenvalue weighted by atomic mass is 79.9. The molecule has 2 aromatic carbocycles. The van der Waals surface area contributed by atoms with Crippen molar-refractivity contribution in [1.82, 2.24) is 5.32 Å². The van der Waals surface area contributed by atoms with Crippen LogP contribution >= 0.6 is 27.5 Å². The molecule has 150 valence electrons. The molecule has 0 aliphatic heterocycles. The van der Waals surface area contributed by atoms with Crippen LogP contribution < -0.4 is 15.4 Å². The first-order valence-electron chi connectivity index (χ1n) is 8.76. The van der Waals surface area contributed by atoms with Gasteiger partial charge in [0.2, 0.25) is 0 Å². The Labute approximate surface area is 181 Å². The van der Waals surface area contributed by atoms with Crippen molar-refractivity contribution < 1.29 is 18.7 Å². The molecule has 0 aliphatic carbocycles. The summed E-state index contributed by atoms with van der Waals surface area (Å²) in [6, 6.07) is 15.3. The number of benzene rings is 2. The van der Waals surface area contributed by atoms with Crippen LogP contribution in [0.15, 0.2) is 69.8 Å². The van der Waals surface area contributed by atoms with Crippen molar-refractivity contribution >= 4 is 45.0 Å². The third-order valence-corrected chi connectivity index (χ3v) is 4.85. The van der Waals surface area contributed by atoms with Crippen LogP contribution in [-0.4, -0.2) is 17.9 Å². The van der Waals surface area contributed by atoms with Gasteiger partial charge in [-0.2, -0.15) is 0 Å². The number of nitrogens with one attached hydrogen (secondary N) is 2. The molecule has 1 atom stereocenters. The predicted molar refractivity (Wildman–Crippen MR) is 114 cm³/mol. The second-order valence-electron chi connectivity index (χ2n) is 6.13. The number of carbonyl (C=O) groups is 2. The number of anilines is 1. The quantitative estimate of drug-likeness (QED) is 0.500. The van der Waals surface area contributed by atoms with Crippen LogP contribution in [0, 0.1) is 0 Å². The molecule has 2 N–H and O–H groups in total. The molecule has 0 aliphatic rings. The Bertz CT molecular complexity index is 1010. The van der Waals surface area contributed by atoms with Gasteiger partial charge in [0.25, 0.3) is 11.8 Å². The van der Waals surface area contributed by atoms with Crippen LogP contribution in [0.3, 0.4) is 0 Å². The highest BCUT2D eigenvalue weighted by Gasteiger charge is 2.19. The molecule has 0 saturated heterocycles. The van der Waals surface area contributed by atoms with Gasteiger partial charge in [-0.15, -0.1) is 0 Å². The number of carbonyl (C=O) groups excluding carboxylic acids is 2. The van der Waals surface area contributed by atoms with Crippen molar-refractivity contribution in [3.05, 3.63) is 81.7 Å². The molecule has 8 heteroatoms. The first-order chi connectivity index (χ1) is 13.9. The lowest BCUT2D eigenvalue weighted by Crippen LogP contribution is -2.31. The fourth-order valence-corrected chi connectivity index (χ4v) is 3.29. The topological polar surface area (TPSA) is 80.6 Å². The van der Waals surface area contributed by atoms with E-state index in [9.17, 15) is 9.59 Å². The van der Waals surface area contributed by atoms with E-state index < -0.39 is 12.0 Å². The number of furan rings is 1. The average Bonchev–Trinajstić information content (AvgIpc) is 3.22. The molecule has 1 aromatic heterocycles. The van der Waals surface area contributed by atoms with Gasteiger partial charge in [0.15, 0.2) is 6.10 Å². The lowest BCUT2D eigenvalue weighted by atomic mass is 10.1. The van der Waals surface area contributed by atoms with E-state index in [1.54, 1.807) is 61.5 Å². The molecule has 3 rings (SSSR count). The van der Waals surface area contributed by atoms with Gasteiger partial charge in [-0.3, -0.25) is 9.59 Å². The monoisotopic (exact) mass is 476 g/mol. The Morgan fingerprint density at radius 1 is 1.17 bits per heavy atom. The summed E-state index contributed by atoms with van der Waals surface area (Å²) >= 11 is 9.27. The highest BCUT2D eigenvalue weighted by molar-refractivity contribution is 9.10. The maximum atomic E-state index is 12.6. The summed E-state index contributed by atoms with van der Waals surface area (Å²) < 4.78 is 11.5. The Kier molecular flexibility index (Phi) is 6.95. The minimum absolute atomic E-state index is 0.248. The van der Waals surface area contributed by atoms with Crippen molar-refractivity contribution in [2.45, 2.75) is 19.6 Å². The van der Waals surface area contributed by atoms with Crippen LogP contribution in [0.1, 0.15) is 23.0 Å². The Morgan fingerprint density at radius 3 is 2.69 bits per heavy atom. The molecule has 0 radical (unpaired) electrons. The van der Waals surface area contributed by atoms with E-state index in [0.29, 0.717) is 32.3 Å². The van der Waals surface area contributed by atoms with Crippen molar-refractivity contribution in [2.24, 2.45) is 0 Å². The van der Waals surface area contributed by atoms with Crippen LogP contribution in [0.2, 0.25) is 5.02 Å². The standard InChI is InChI=1S/C21H18BrClN2O4/c1-13(29-19-9-8-14(23)11-17(19)22)20(26)25-18-7-3-2-6-16(18)21(27)24-12-15-5-4-10-28-15/h2-11,13H,12H2,1H3,(H,24,27)(H,25,26). The van der Waals surface area contributed by atoms with Crippen LogP contribution in [0.5, 0.6) is 5.75 Å². The number of rotatable bonds is 7. The zero-order valence-corrected chi connectivity index (χ0v) is 17.8. The molecule has 3 aromatic rings. The minimum atomic E-state index is -0.799. The summed E-state index contributed by atoms with van der Waals surface area (Å²) in [4.78, 5) is 25.1. The van der Waals surface area contributed by atoms with E-state index in [0.717, 1.165) is 0 Å². The van der Waals surface area contributed by atoms with Crippen molar-refractivity contribution in [1.29, 1.82) is 0 Å². The summed E-state index contributed by atoms with van der Waals surface area (Å²) in [7, 11) is 0. The molecule has 29 heavy (non-hydrogen) atoms. The number of halogens is 2. The van der Waals surface area contributed by atoms with E-state index in [2.05, 4.69) is 26.6 Å². The van der Waals surface area contributed by atoms with Gasteiger partial charge >= 0.3 is 0 Å². The fourth-order valence-electron chi connectivity index (χ4n) is 2.52. The lowest BCUT2D eigenvalue weighted by molar-refractivity contribution is -0.122. The van der Waals surface area contributed by atoms with Gasteiger partial charge in [0.05, 0.1) is 28.5 Å². The number of amides is 2. The van der Waals surface area contributed by atoms with Gasteiger partial charge < -0.3 is 19.8 Å². The smallest absolute Gasteiger partial charge is 0.265 e. The lowest BCUT2D eigenvalue weighted by Gasteiger charge is -2.17. The van der Waals surface area contributed by atoms with Crippen molar-refractivity contribution in [3.63, 3.8) is 0 Å². The highest BCUT2D eigenvalue weighted by Crippen LogP contribution is 2.29. The summed E-state index contributed by atoms with van der Waals surface area (Å²) in [5.41, 5.74) is 0.729. The molecule has 0 saturated carbocycles. The summed E-state index contributed by atoms with van der Waals surface area (Å²) in [5, 5.41) is 6.06. The molecule has 1 unspecified atom stereocenters. The number of para-hydroxylation sites is 1. The molecular formula is C21H18BrClN2O4. The van der Waals surface area contributed by atoms with Crippen LogP contribution in [0.4, 0.5) is 5.69 Å². The SMILES string of the molecule is CC(Oc1ccc(Cl)cc1Br)C(=O)Nc1ccccc1C(=O)NCc1ccco1. The first kappa shape index (κ1) is 21.0. The molecule has 0 fully saturated rings. The Balaban J connectivity index is 1.66. The third-order valence-electron chi connectivity index (χ3n) is 4.00. The zero-order valence-electron chi connectivity index (χ0n) is 15.4. The van der Waals surface area contributed by atoms with Gasteiger partial charge in [0, 0.05) is 5.02 Å². The summed E-state index contributed by atoms with van der Waals surface area (Å²) in [6.45, 7) is 1.87. The predicted octanol–water partition coefficient (Wildman–Crippen LogP) is 5.03. The van der Waals surface area contributed by atoms with Gasteiger partial charge in [-0.1, -0.05) is 23.7 Å². The van der Waals surface area contributed by atoms with E-state index in [1.807, 2.05) is 0 Å². The van der Waals surface area contributed by atoms with Gasteiger partial charge in [-0.05, 0) is 65.3 Å². The number of ether oxygens (including phenoxy) is 1. The van der Waals surface area contributed by atoms with Crippen LogP contribution in [-0.2, 0) is 11.3 Å². The maximum absolute atomic E-state index is 12.6.